The lowest BCUT2D eigenvalue weighted by molar-refractivity contribution is -0.117. The predicted molar refractivity (Wildman–Crippen MR) is 130 cm³/mol. The van der Waals surface area contributed by atoms with Crippen LogP contribution in [0.4, 0.5) is 4.79 Å². The van der Waals surface area contributed by atoms with Crippen LogP contribution in [0.2, 0.25) is 0 Å². The fourth-order valence-electron chi connectivity index (χ4n) is 3.22. The summed E-state index contributed by atoms with van der Waals surface area (Å²) >= 11 is 1.01. The Morgan fingerprint density at radius 1 is 1.00 bits per heavy atom. The maximum absolute atomic E-state index is 10.1. The van der Waals surface area contributed by atoms with E-state index in [9.17, 15) is 9.59 Å². The first-order chi connectivity index (χ1) is 15.6. The molecule has 8 heteroatoms. The Bertz CT molecular complexity index is 1210. The van der Waals surface area contributed by atoms with Crippen molar-refractivity contribution in [3.8, 4) is 5.75 Å². The van der Waals surface area contributed by atoms with Crippen LogP contribution in [0.5, 0.6) is 5.75 Å². The third-order valence-corrected chi connectivity index (χ3v) is 5.65. The molecular weight excluding hydrogens is 438 g/mol. The van der Waals surface area contributed by atoms with Gasteiger partial charge in [0, 0.05) is 6.54 Å². The zero-order valence-electron chi connectivity index (χ0n) is 18.2. The molecule has 0 atom stereocenters. The normalized spacial score (nSPS) is 12.5. The van der Waals surface area contributed by atoms with Crippen LogP contribution in [-0.2, 0) is 17.9 Å². The Hall–Kier alpha value is -3.62. The summed E-state index contributed by atoms with van der Waals surface area (Å²) in [7, 11) is 0. The third-order valence-electron chi connectivity index (χ3n) is 4.88. The van der Waals surface area contributed by atoms with E-state index in [0.29, 0.717) is 12.4 Å². The summed E-state index contributed by atoms with van der Waals surface area (Å²) in [6, 6.07) is 24.9. The van der Waals surface area contributed by atoms with Gasteiger partial charge in [0.05, 0.1) is 23.1 Å². The van der Waals surface area contributed by atoms with E-state index in [1.165, 1.54) is 11.1 Å². The molecule has 3 aromatic carbocycles. The molecule has 0 saturated carbocycles. The maximum Gasteiger partial charge on any atom is 0.286 e. The molecule has 0 radical (unpaired) electrons. The molecule has 3 N–H and O–H groups in total. The fraction of sp³-hybridized carbons (Fsp3) is 0.160. The number of hydrogen-bond donors (Lipinski definition) is 1. The minimum Gasteiger partial charge on any atom is -0.489 e. The van der Waals surface area contributed by atoms with Crippen molar-refractivity contribution in [2.45, 2.75) is 20.1 Å². The standard InChI is InChI=1S/C22H20N2O.C3H3NO2S.H2O/c1-17-7-10-20(11-8-17)25-15-19-9-12-22-21(13-19)23-16-24(22)14-18-5-3-2-4-6-18;5-2-1-7-3(6)4-2;/h2-13,16H,14-15H2,1H3;1H2,(H,4,5,6);1H2. The van der Waals surface area contributed by atoms with Crippen LogP contribution in [0.1, 0.15) is 16.7 Å². The molecule has 1 aliphatic rings. The SMILES string of the molecule is Cc1ccc(OCc2ccc3c(c2)ncn3Cc2ccccc2)cc1.O.O=C1CSC(=O)N1. The number of nitrogens with zero attached hydrogens (tertiary/aromatic N) is 2. The molecule has 33 heavy (non-hydrogen) atoms. The Morgan fingerprint density at radius 3 is 2.39 bits per heavy atom. The second-order valence-corrected chi connectivity index (χ2v) is 8.36. The van der Waals surface area contributed by atoms with E-state index < -0.39 is 0 Å². The topological polar surface area (TPSA) is 105 Å². The number of aryl methyl sites for hydroxylation is 1. The lowest BCUT2D eigenvalue weighted by Crippen LogP contribution is -2.18. The molecule has 4 aromatic rings. The molecule has 1 fully saturated rings. The number of thioether (sulfide) groups is 1. The number of aromatic nitrogens is 2. The number of fused-ring (bicyclic) bond motifs is 1. The number of carbonyl (C=O) groups is 2. The first kappa shape index (κ1) is 24.0. The van der Waals surface area contributed by atoms with Gasteiger partial charge in [0.15, 0.2) is 0 Å². The molecule has 5 rings (SSSR count). The summed E-state index contributed by atoms with van der Waals surface area (Å²) in [4.78, 5) is 24.7. The molecule has 1 saturated heterocycles. The number of carbonyl (C=O) groups excluding carboxylic acids is 2. The number of imidazole rings is 1. The summed E-state index contributed by atoms with van der Waals surface area (Å²) in [6.45, 7) is 3.45. The van der Waals surface area contributed by atoms with Gasteiger partial charge in [0.25, 0.3) is 5.24 Å². The molecule has 0 spiro atoms. The van der Waals surface area contributed by atoms with E-state index in [1.807, 2.05) is 24.5 Å². The monoisotopic (exact) mass is 463 g/mol. The fourth-order valence-corrected chi connectivity index (χ4v) is 3.74. The molecule has 0 bridgehead atoms. The highest BCUT2D eigenvalue weighted by atomic mass is 32.2. The zero-order valence-corrected chi connectivity index (χ0v) is 19.0. The predicted octanol–water partition coefficient (Wildman–Crippen LogP) is 4.12. The summed E-state index contributed by atoms with van der Waals surface area (Å²) < 4.78 is 8.04. The molecule has 2 amide bonds. The van der Waals surface area contributed by atoms with Gasteiger partial charge in [-0.2, -0.15) is 0 Å². The van der Waals surface area contributed by atoms with E-state index in [-0.39, 0.29) is 16.6 Å². The van der Waals surface area contributed by atoms with E-state index in [1.54, 1.807) is 0 Å². The highest BCUT2D eigenvalue weighted by molar-refractivity contribution is 8.14. The Balaban J connectivity index is 0.000000330. The molecule has 170 valence electrons. The molecule has 1 aliphatic heterocycles. The molecular formula is C25H25N3O4S. The third kappa shape index (κ3) is 6.68. The molecule has 1 aromatic heterocycles. The van der Waals surface area contributed by atoms with Crippen molar-refractivity contribution in [3.63, 3.8) is 0 Å². The van der Waals surface area contributed by atoms with Crippen molar-refractivity contribution in [1.29, 1.82) is 0 Å². The van der Waals surface area contributed by atoms with Crippen LogP contribution in [-0.4, -0.2) is 31.9 Å². The summed E-state index contributed by atoms with van der Waals surface area (Å²) in [5.74, 6) is 0.994. The molecule has 7 nitrogen and oxygen atoms in total. The highest BCUT2D eigenvalue weighted by Gasteiger charge is 2.16. The highest BCUT2D eigenvalue weighted by Crippen LogP contribution is 2.19. The minimum atomic E-state index is -0.231. The van der Waals surface area contributed by atoms with Crippen molar-refractivity contribution in [3.05, 3.63) is 95.8 Å². The van der Waals surface area contributed by atoms with E-state index in [4.69, 9.17) is 4.74 Å². The Morgan fingerprint density at radius 2 is 1.76 bits per heavy atom. The number of ether oxygens (including phenoxy) is 1. The van der Waals surface area contributed by atoms with Crippen molar-refractivity contribution in [1.82, 2.24) is 14.9 Å². The van der Waals surface area contributed by atoms with E-state index >= 15 is 0 Å². The first-order valence-corrected chi connectivity index (χ1v) is 11.2. The van der Waals surface area contributed by atoms with Gasteiger partial charge in [0.2, 0.25) is 5.91 Å². The van der Waals surface area contributed by atoms with Gasteiger partial charge in [-0.1, -0.05) is 65.9 Å². The first-order valence-electron chi connectivity index (χ1n) is 10.2. The van der Waals surface area contributed by atoms with Crippen molar-refractivity contribution < 1.29 is 19.8 Å². The van der Waals surface area contributed by atoms with E-state index in [0.717, 1.165) is 40.7 Å². The molecule has 2 heterocycles. The average Bonchev–Trinajstić information content (AvgIpc) is 3.39. The van der Waals surface area contributed by atoms with Crippen LogP contribution in [0.25, 0.3) is 11.0 Å². The summed E-state index contributed by atoms with van der Waals surface area (Å²) in [5.41, 5.74) is 5.77. The number of benzene rings is 3. The Kier molecular flexibility index (Phi) is 8.23. The van der Waals surface area contributed by atoms with Crippen LogP contribution < -0.4 is 10.1 Å². The number of rotatable bonds is 5. The number of imide groups is 1. The van der Waals surface area contributed by atoms with Crippen LogP contribution in [0, 0.1) is 6.92 Å². The van der Waals surface area contributed by atoms with Crippen molar-refractivity contribution in [2.75, 3.05) is 5.75 Å². The van der Waals surface area contributed by atoms with Crippen LogP contribution in [0.15, 0.2) is 79.1 Å². The van der Waals surface area contributed by atoms with Crippen molar-refractivity contribution in [2.24, 2.45) is 0 Å². The molecule has 0 aliphatic carbocycles. The lowest BCUT2D eigenvalue weighted by Gasteiger charge is -2.08. The van der Waals surface area contributed by atoms with E-state index in [2.05, 4.69) is 76.4 Å². The van der Waals surface area contributed by atoms with Crippen LogP contribution >= 0.6 is 11.8 Å². The van der Waals surface area contributed by atoms with Gasteiger partial charge in [-0.15, -0.1) is 0 Å². The summed E-state index contributed by atoms with van der Waals surface area (Å²) in [6.07, 6.45) is 1.91. The second kappa shape index (κ2) is 11.3. The smallest absolute Gasteiger partial charge is 0.286 e. The minimum absolute atomic E-state index is 0. The van der Waals surface area contributed by atoms with Gasteiger partial charge in [-0.25, -0.2) is 4.98 Å². The van der Waals surface area contributed by atoms with Gasteiger partial charge in [-0.05, 0) is 42.3 Å². The van der Waals surface area contributed by atoms with Gasteiger partial charge in [0.1, 0.15) is 12.4 Å². The average molecular weight is 464 g/mol. The lowest BCUT2D eigenvalue weighted by atomic mass is 10.2. The maximum atomic E-state index is 10.1. The van der Waals surface area contributed by atoms with Gasteiger partial charge in [-0.3, -0.25) is 14.9 Å². The number of hydrogen-bond acceptors (Lipinski definition) is 5. The zero-order chi connectivity index (χ0) is 22.3. The number of amides is 2. The van der Waals surface area contributed by atoms with Gasteiger partial charge >= 0.3 is 0 Å². The van der Waals surface area contributed by atoms with Crippen LogP contribution in [0.3, 0.4) is 0 Å². The van der Waals surface area contributed by atoms with Gasteiger partial charge < -0.3 is 14.8 Å². The quantitative estimate of drug-likeness (QED) is 0.479. The molecule has 0 unspecified atom stereocenters. The Labute approximate surface area is 196 Å². The summed E-state index contributed by atoms with van der Waals surface area (Å²) in [5, 5.41) is 1.87. The van der Waals surface area contributed by atoms with Crippen molar-refractivity contribution >= 4 is 33.9 Å². The second-order valence-electron chi connectivity index (χ2n) is 7.41. The number of nitrogens with one attached hydrogen (secondary N) is 1. The largest absolute Gasteiger partial charge is 0.489 e.